The van der Waals surface area contributed by atoms with E-state index in [9.17, 15) is 4.79 Å². The van der Waals surface area contributed by atoms with Gasteiger partial charge in [-0.05, 0) is 6.07 Å². The quantitative estimate of drug-likeness (QED) is 0.695. The summed E-state index contributed by atoms with van der Waals surface area (Å²) in [6.45, 7) is 0.230. The number of amides is 1. The zero-order valence-electron chi connectivity index (χ0n) is 7.97. The van der Waals surface area contributed by atoms with Gasteiger partial charge in [-0.15, -0.1) is 0 Å². The van der Waals surface area contributed by atoms with Crippen LogP contribution in [0.3, 0.4) is 0 Å². The first-order chi connectivity index (χ1) is 6.66. The molecule has 1 amide bonds. The molecule has 0 saturated heterocycles. The highest BCUT2D eigenvalue weighted by Crippen LogP contribution is 2.10. The standard InChI is InChI=1S/C9H13N3O2/c1-12(4-5-13)9(14)7-2-3-11-6-8(7)10/h2-3,6,13H,4-5,10H2,1H3. The Bertz CT molecular complexity index is 328. The van der Waals surface area contributed by atoms with Crippen LogP contribution in [0.25, 0.3) is 0 Å². The predicted molar refractivity (Wildman–Crippen MR) is 52.7 cm³/mol. The molecule has 0 aliphatic carbocycles. The summed E-state index contributed by atoms with van der Waals surface area (Å²) >= 11 is 0. The molecule has 0 aliphatic rings. The van der Waals surface area contributed by atoms with Gasteiger partial charge in [-0.25, -0.2) is 0 Å². The largest absolute Gasteiger partial charge is 0.397 e. The number of nitrogens with two attached hydrogens (primary N) is 1. The van der Waals surface area contributed by atoms with Gasteiger partial charge in [0.05, 0.1) is 24.1 Å². The average molecular weight is 195 g/mol. The average Bonchev–Trinajstić information content (AvgIpc) is 2.18. The number of aromatic nitrogens is 1. The number of pyridine rings is 1. The second-order valence-electron chi connectivity index (χ2n) is 2.91. The van der Waals surface area contributed by atoms with Gasteiger partial charge in [0.25, 0.3) is 5.91 Å². The molecule has 1 heterocycles. The third-order valence-electron chi connectivity index (χ3n) is 1.86. The zero-order valence-corrected chi connectivity index (χ0v) is 7.97. The summed E-state index contributed by atoms with van der Waals surface area (Å²) in [5, 5.41) is 8.66. The van der Waals surface area contributed by atoms with Crippen LogP contribution in [-0.2, 0) is 0 Å². The van der Waals surface area contributed by atoms with Crippen molar-refractivity contribution in [3.8, 4) is 0 Å². The molecule has 0 bridgehead atoms. The van der Waals surface area contributed by atoms with Crippen LogP contribution in [0.1, 0.15) is 10.4 Å². The minimum absolute atomic E-state index is 0.0623. The van der Waals surface area contributed by atoms with Crippen LogP contribution in [0.4, 0.5) is 5.69 Å². The van der Waals surface area contributed by atoms with Crippen LogP contribution in [0.15, 0.2) is 18.5 Å². The second-order valence-corrected chi connectivity index (χ2v) is 2.91. The number of nitrogen functional groups attached to an aromatic ring is 1. The number of nitrogens with zero attached hydrogens (tertiary/aromatic N) is 2. The van der Waals surface area contributed by atoms with Crippen molar-refractivity contribution in [1.29, 1.82) is 0 Å². The van der Waals surface area contributed by atoms with Crippen LogP contribution >= 0.6 is 0 Å². The lowest BCUT2D eigenvalue weighted by molar-refractivity contribution is 0.0768. The molecule has 1 rings (SSSR count). The van der Waals surface area contributed by atoms with Gasteiger partial charge in [-0.1, -0.05) is 0 Å². The van der Waals surface area contributed by atoms with E-state index < -0.39 is 0 Å². The van der Waals surface area contributed by atoms with E-state index in [1.807, 2.05) is 0 Å². The van der Waals surface area contributed by atoms with Crippen LogP contribution in [0, 0.1) is 0 Å². The first-order valence-electron chi connectivity index (χ1n) is 4.22. The van der Waals surface area contributed by atoms with Crippen molar-refractivity contribution in [3.63, 3.8) is 0 Å². The summed E-state index contributed by atoms with van der Waals surface area (Å²) in [7, 11) is 1.61. The summed E-state index contributed by atoms with van der Waals surface area (Å²) in [5.74, 6) is -0.209. The summed E-state index contributed by atoms with van der Waals surface area (Å²) in [6.07, 6.45) is 2.94. The molecule has 76 valence electrons. The molecule has 0 radical (unpaired) electrons. The lowest BCUT2D eigenvalue weighted by atomic mass is 10.2. The van der Waals surface area contributed by atoms with Crippen molar-refractivity contribution in [2.24, 2.45) is 0 Å². The molecule has 0 fully saturated rings. The number of rotatable bonds is 3. The predicted octanol–water partition coefficient (Wildman–Crippen LogP) is -0.272. The maximum absolute atomic E-state index is 11.7. The maximum Gasteiger partial charge on any atom is 0.255 e. The monoisotopic (exact) mass is 195 g/mol. The Morgan fingerprint density at radius 3 is 3.00 bits per heavy atom. The zero-order chi connectivity index (χ0) is 10.6. The number of anilines is 1. The van der Waals surface area contributed by atoms with Crippen molar-refractivity contribution >= 4 is 11.6 Å². The molecule has 5 heteroatoms. The Labute approximate surface area is 82.2 Å². The SMILES string of the molecule is CN(CCO)C(=O)c1ccncc1N. The van der Waals surface area contributed by atoms with Crippen LogP contribution < -0.4 is 5.73 Å². The maximum atomic E-state index is 11.7. The molecular formula is C9H13N3O2. The van der Waals surface area contributed by atoms with Crippen molar-refractivity contribution in [2.45, 2.75) is 0 Å². The fourth-order valence-electron chi connectivity index (χ4n) is 1.06. The first kappa shape index (κ1) is 10.5. The summed E-state index contributed by atoms with van der Waals surface area (Å²) < 4.78 is 0. The van der Waals surface area contributed by atoms with Crippen LogP contribution in [0.5, 0.6) is 0 Å². The normalized spacial score (nSPS) is 9.86. The molecule has 0 aliphatic heterocycles. The lowest BCUT2D eigenvalue weighted by Crippen LogP contribution is -2.30. The van der Waals surface area contributed by atoms with E-state index in [0.29, 0.717) is 17.8 Å². The molecule has 1 aromatic heterocycles. The van der Waals surface area contributed by atoms with Gasteiger partial charge in [0, 0.05) is 19.8 Å². The highest BCUT2D eigenvalue weighted by atomic mass is 16.3. The van der Waals surface area contributed by atoms with Crippen molar-refractivity contribution in [3.05, 3.63) is 24.0 Å². The molecule has 0 spiro atoms. The fraction of sp³-hybridized carbons (Fsp3) is 0.333. The van der Waals surface area contributed by atoms with Gasteiger partial charge in [-0.3, -0.25) is 9.78 Å². The van der Waals surface area contributed by atoms with Gasteiger partial charge in [0.2, 0.25) is 0 Å². The van der Waals surface area contributed by atoms with E-state index in [1.54, 1.807) is 13.1 Å². The third-order valence-corrected chi connectivity index (χ3v) is 1.86. The molecule has 1 aromatic rings. The Hall–Kier alpha value is -1.62. The number of carbonyl (C=O) groups is 1. The number of carbonyl (C=O) groups excluding carboxylic acids is 1. The smallest absolute Gasteiger partial charge is 0.255 e. The van der Waals surface area contributed by atoms with Crippen LogP contribution in [0.2, 0.25) is 0 Å². The minimum atomic E-state index is -0.209. The van der Waals surface area contributed by atoms with Gasteiger partial charge >= 0.3 is 0 Å². The van der Waals surface area contributed by atoms with Gasteiger partial charge in [-0.2, -0.15) is 0 Å². The number of hydrogen-bond acceptors (Lipinski definition) is 4. The number of aliphatic hydroxyl groups is 1. The molecule has 14 heavy (non-hydrogen) atoms. The lowest BCUT2D eigenvalue weighted by Gasteiger charge is -2.16. The minimum Gasteiger partial charge on any atom is -0.397 e. The first-order valence-corrected chi connectivity index (χ1v) is 4.22. The number of hydrogen-bond donors (Lipinski definition) is 2. The summed E-state index contributed by atoms with van der Waals surface area (Å²) in [5.41, 5.74) is 6.35. The topological polar surface area (TPSA) is 79.5 Å². The molecule has 3 N–H and O–H groups in total. The molecule has 0 atom stereocenters. The Morgan fingerprint density at radius 1 is 1.71 bits per heavy atom. The van der Waals surface area contributed by atoms with Gasteiger partial charge < -0.3 is 15.7 Å². The Balaban J connectivity index is 2.84. The number of aliphatic hydroxyl groups excluding tert-OH is 1. The van der Waals surface area contributed by atoms with E-state index in [2.05, 4.69) is 4.98 Å². The van der Waals surface area contributed by atoms with Crippen molar-refractivity contribution in [1.82, 2.24) is 9.88 Å². The van der Waals surface area contributed by atoms with Gasteiger partial charge in [0.15, 0.2) is 0 Å². The highest BCUT2D eigenvalue weighted by Gasteiger charge is 2.13. The molecule has 0 unspecified atom stereocenters. The summed E-state index contributed by atoms with van der Waals surface area (Å²) in [4.78, 5) is 16.9. The van der Waals surface area contributed by atoms with Crippen molar-refractivity contribution in [2.75, 3.05) is 25.9 Å². The van der Waals surface area contributed by atoms with Gasteiger partial charge in [0.1, 0.15) is 0 Å². The van der Waals surface area contributed by atoms with E-state index in [-0.39, 0.29) is 12.5 Å². The molecule has 0 saturated carbocycles. The molecule has 5 nitrogen and oxygen atoms in total. The Kier molecular flexibility index (Phi) is 3.41. The third kappa shape index (κ3) is 2.20. The molecular weight excluding hydrogens is 182 g/mol. The Morgan fingerprint density at radius 2 is 2.43 bits per heavy atom. The summed E-state index contributed by atoms with van der Waals surface area (Å²) in [6, 6.07) is 1.56. The highest BCUT2D eigenvalue weighted by molar-refractivity contribution is 5.98. The fourth-order valence-corrected chi connectivity index (χ4v) is 1.06. The van der Waals surface area contributed by atoms with Crippen molar-refractivity contribution < 1.29 is 9.90 Å². The van der Waals surface area contributed by atoms with Crippen LogP contribution in [-0.4, -0.2) is 41.1 Å². The number of likely N-dealkylation sites (N-methyl/N-ethyl adjacent to an activating group) is 1. The van der Waals surface area contributed by atoms with E-state index in [1.165, 1.54) is 17.3 Å². The van der Waals surface area contributed by atoms with E-state index in [4.69, 9.17) is 10.8 Å². The van der Waals surface area contributed by atoms with E-state index in [0.717, 1.165) is 0 Å². The second kappa shape index (κ2) is 4.57. The molecule has 0 aromatic carbocycles. The van der Waals surface area contributed by atoms with E-state index >= 15 is 0 Å².